The number of nitrogens with one attached hydrogen (secondary N) is 1. The Balaban J connectivity index is 1.87. The first-order valence-corrected chi connectivity index (χ1v) is 11.2. The second-order valence-electron chi connectivity index (χ2n) is 10.1. The first-order chi connectivity index (χ1) is 14.2. The third kappa shape index (κ3) is 3.84. The lowest BCUT2D eigenvalue weighted by Gasteiger charge is -2.52. The zero-order valence-corrected chi connectivity index (χ0v) is 20.3. The highest BCUT2D eigenvalue weighted by molar-refractivity contribution is 8.01. The monoisotopic (exact) mass is 448 g/mol. The van der Waals surface area contributed by atoms with E-state index in [-0.39, 0.29) is 5.91 Å². The van der Waals surface area contributed by atoms with E-state index >= 15 is 0 Å². The molecule has 170 valence electrons. The standard InChI is InChI=1S/C23H32N2O5S/c1-20(2,3)30-16(26)15-22(6,7)31-19-23(29-8,18(28)25(15)19)24-17(27)21(4,5)14-12-10-9-11-13-14/h9-13,15,19H,1-8H3,(H,24,27)/t15-,19+,23+/m0/s1. The van der Waals surface area contributed by atoms with Crippen LogP contribution in [0.25, 0.3) is 0 Å². The quantitative estimate of drug-likeness (QED) is 0.424. The van der Waals surface area contributed by atoms with Crippen molar-refractivity contribution >= 4 is 29.5 Å². The first kappa shape index (κ1) is 23.6. The molecule has 8 heteroatoms. The Morgan fingerprint density at radius 2 is 1.68 bits per heavy atom. The van der Waals surface area contributed by atoms with Crippen LogP contribution in [0.5, 0.6) is 0 Å². The molecule has 0 aliphatic carbocycles. The van der Waals surface area contributed by atoms with E-state index < -0.39 is 44.8 Å². The number of amides is 2. The minimum atomic E-state index is -1.53. The summed E-state index contributed by atoms with van der Waals surface area (Å²) in [5.41, 5.74) is -2.25. The number of thioether (sulfide) groups is 1. The third-order valence-corrected chi connectivity index (χ3v) is 7.43. The van der Waals surface area contributed by atoms with Crippen LogP contribution in [-0.4, -0.2) is 57.3 Å². The molecule has 2 aliphatic rings. The summed E-state index contributed by atoms with van der Waals surface area (Å²) >= 11 is 1.43. The van der Waals surface area contributed by atoms with Crippen molar-refractivity contribution in [3.63, 3.8) is 0 Å². The van der Waals surface area contributed by atoms with Gasteiger partial charge in [0.25, 0.3) is 11.6 Å². The number of esters is 1. The average Bonchev–Trinajstić information content (AvgIpc) is 2.94. The molecule has 2 heterocycles. The molecule has 0 aromatic heterocycles. The number of benzene rings is 1. The summed E-state index contributed by atoms with van der Waals surface area (Å²) in [4.78, 5) is 41.0. The lowest BCUT2D eigenvalue weighted by atomic mass is 9.82. The molecule has 3 rings (SSSR count). The molecule has 1 N–H and O–H groups in total. The summed E-state index contributed by atoms with van der Waals surface area (Å²) in [5, 5.41) is 2.33. The predicted molar refractivity (Wildman–Crippen MR) is 119 cm³/mol. The smallest absolute Gasteiger partial charge is 0.330 e. The highest BCUT2D eigenvalue weighted by Crippen LogP contribution is 2.55. The van der Waals surface area contributed by atoms with Gasteiger partial charge in [0.1, 0.15) is 17.0 Å². The Labute approximate surface area is 188 Å². The number of rotatable bonds is 5. The molecule has 2 aliphatic heterocycles. The van der Waals surface area contributed by atoms with Crippen molar-refractivity contribution in [3.8, 4) is 0 Å². The Bertz CT molecular complexity index is 893. The van der Waals surface area contributed by atoms with Gasteiger partial charge in [-0.3, -0.25) is 9.59 Å². The van der Waals surface area contributed by atoms with E-state index in [1.165, 1.54) is 23.8 Å². The number of nitrogens with zero attached hydrogens (tertiary/aromatic N) is 1. The van der Waals surface area contributed by atoms with Crippen molar-refractivity contribution in [2.24, 2.45) is 0 Å². The van der Waals surface area contributed by atoms with E-state index in [9.17, 15) is 14.4 Å². The van der Waals surface area contributed by atoms with Crippen molar-refractivity contribution in [1.29, 1.82) is 0 Å². The maximum atomic E-state index is 13.3. The lowest BCUT2D eigenvalue weighted by molar-refractivity contribution is -0.204. The van der Waals surface area contributed by atoms with Crippen LogP contribution >= 0.6 is 11.8 Å². The number of hydrogen-bond donors (Lipinski definition) is 1. The number of hydrogen-bond acceptors (Lipinski definition) is 6. The topological polar surface area (TPSA) is 84.9 Å². The van der Waals surface area contributed by atoms with Gasteiger partial charge in [0.15, 0.2) is 0 Å². The van der Waals surface area contributed by atoms with Crippen LogP contribution in [0.15, 0.2) is 30.3 Å². The molecule has 1 aromatic rings. The highest BCUT2D eigenvalue weighted by atomic mass is 32.2. The van der Waals surface area contributed by atoms with Crippen molar-refractivity contribution in [2.45, 2.75) is 81.4 Å². The van der Waals surface area contributed by atoms with E-state index in [2.05, 4.69) is 5.32 Å². The lowest BCUT2D eigenvalue weighted by Crippen LogP contribution is -2.81. The molecule has 0 spiro atoms. The maximum absolute atomic E-state index is 13.3. The number of fused-ring (bicyclic) bond motifs is 1. The fraction of sp³-hybridized carbons (Fsp3) is 0.609. The fourth-order valence-electron chi connectivity index (χ4n) is 4.03. The Morgan fingerprint density at radius 3 is 2.19 bits per heavy atom. The predicted octanol–water partition coefficient (Wildman–Crippen LogP) is 2.83. The van der Waals surface area contributed by atoms with Crippen molar-refractivity contribution < 1.29 is 23.9 Å². The number of carbonyl (C=O) groups is 3. The normalized spacial score (nSPS) is 27.4. The Kier molecular flexibility index (Phi) is 5.72. The van der Waals surface area contributed by atoms with Gasteiger partial charge in [0.05, 0.1) is 5.41 Å². The van der Waals surface area contributed by atoms with Crippen LogP contribution in [-0.2, 0) is 29.3 Å². The summed E-state index contributed by atoms with van der Waals surface area (Å²) in [6.45, 7) is 12.8. The van der Waals surface area contributed by atoms with Gasteiger partial charge in [0.2, 0.25) is 5.91 Å². The van der Waals surface area contributed by atoms with Crippen molar-refractivity contribution in [3.05, 3.63) is 35.9 Å². The number of ether oxygens (including phenoxy) is 2. The molecular weight excluding hydrogens is 416 g/mol. The zero-order chi connectivity index (χ0) is 23.4. The van der Waals surface area contributed by atoms with Crippen LogP contribution in [0.1, 0.15) is 54.0 Å². The molecule has 1 aromatic carbocycles. The second kappa shape index (κ2) is 7.52. The van der Waals surface area contributed by atoms with Crippen molar-refractivity contribution in [1.82, 2.24) is 10.2 Å². The van der Waals surface area contributed by atoms with E-state index in [0.29, 0.717) is 0 Å². The van der Waals surface area contributed by atoms with Gasteiger partial charge in [0, 0.05) is 11.9 Å². The Hall–Kier alpha value is -2.06. The summed E-state index contributed by atoms with van der Waals surface area (Å²) in [5.74, 6) is -1.22. The van der Waals surface area contributed by atoms with Crippen LogP contribution in [0.3, 0.4) is 0 Å². The maximum Gasteiger partial charge on any atom is 0.330 e. The molecule has 31 heavy (non-hydrogen) atoms. The SMILES string of the molecule is CO[C@]1(NC(=O)C(C)(C)c2ccccc2)C(=O)N2[C@@H](C(=O)OC(C)(C)C)C(C)(C)S[C@@H]21. The minimum absolute atomic E-state index is 0.326. The van der Waals surface area contributed by atoms with Crippen LogP contribution in [0.4, 0.5) is 0 Å². The summed E-state index contributed by atoms with van der Waals surface area (Å²) in [6.07, 6.45) is 0. The molecule has 2 fully saturated rings. The van der Waals surface area contributed by atoms with Crippen molar-refractivity contribution in [2.75, 3.05) is 7.11 Å². The largest absolute Gasteiger partial charge is 0.458 e. The minimum Gasteiger partial charge on any atom is -0.458 e. The molecule has 7 nitrogen and oxygen atoms in total. The molecule has 3 atom stereocenters. The van der Waals surface area contributed by atoms with Gasteiger partial charge in [-0.1, -0.05) is 30.3 Å². The van der Waals surface area contributed by atoms with Crippen LogP contribution in [0.2, 0.25) is 0 Å². The number of carbonyl (C=O) groups excluding carboxylic acids is 3. The third-order valence-electron chi connectivity index (χ3n) is 5.82. The molecule has 2 saturated heterocycles. The second-order valence-corrected chi connectivity index (χ2v) is 11.8. The molecule has 0 saturated carbocycles. The molecule has 0 bridgehead atoms. The van der Waals surface area contributed by atoms with Gasteiger partial charge < -0.3 is 19.7 Å². The van der Waals surface area contributed by atoms with E-state index in [0.717, 1.165) is 5.56 Å². The van der Waals surface area contributed by atoms with Gasteiger partial charge in [-0.25, -0.2) is 4.79 Å². The Morgan fingerprint density at radius 1 is 1.10 bits per heavy atom. The van der Waals surface area contributed by atoms with E-state index in [1.807, 2.05) is 44.2 Å². The highest BCUT2D eigenvalue weighted by Gasteiger charge is 2.73. The van der Waals surface area contributed by atoms with Crippen LogP contribution in [0, 0.1) is 0 Å². The molecular formula is C23H32N2O5S. The summed E-state index contributed by atoms with van der Waals surface area (Å²) < 4.78 is 10.6. The van der Waals surface area contributed by atoms with Gasteiger partial charge in [-0.2, -0.15) is 0 Å². The molecule has 0 radical (unpaired) electrons. The van der Waals surface area contributed by atoms with Crippen LogP contribution < -0.4 is 5.32 Å². The number of β-lactam (4-membered cyclic amide) rings is 1. The number of methoxy groups -OCH3 is 1. The molecule has 0 unspecified atom stereocenters. The summed E-state index contributed by atoms with van der Waals surface area (Å²) in [7, 11) is 1.40. The van der Waals surface area contributed by atoms with E-state index in [1.54, 1.807) is 34.6 Å². The van der Waals surface area contributed by atoms with Gasteiger partial charge in [-0.05, 0) is 54.0 Å². The van der Waals surface area contributed by atoms with E-state index in [4.69, 9.17) is 9.47 Å². The fourth-order valence-corrected chi connectivity index (χ4v) is 5.70. The molecule has 2 amide bonds. The van der Waals surface area contributed by atoms with Gasteiger partial charge >= 0.3 is 5.97 Å². The average molecular weight is 449 g/mol. The summed E-state index contributed by atoms with van der Waals surface area (Å²) in [6, 6.07) is 8.60. The van der Waals surface area contributed by atoms with Gasteiger partial charge in [-0.15, -0.1) is 11.8 Å². The first-order valence-electron chi connectivity index (χ1n) is 10.3. The zero-order valence-electron chi connectivity index (χ0n) is 19.4.